The first-order valence-corrected chi connectivity index (χ1v) is 10.1. The van der Waals surface area contributed by atoms with Crippen molar-refractivity contribution in [2.45, 2.75) is 13.5 Å². The van der Waals surface area contributed by atoms with Crippen LogP contribution in [0, 0.1) is 6.92 Å². The lowest BCUT2D eigenvalue weighted by molar-refractivity contribution is -0.132. The van der Waals surface area contributed by atoms with Gasteiger partial charge in [-0.25, -0.2) is 4.79 Å². The quantitative estimate of drug-likeness (QED) is 0.466. The molecule has 3 aromatic rings. The molecule has 3 aromatic carbocycles. The van der Waals surface area contributed by atoms with E-state index in [1.165, 1.54) is 13.2 Å². The standard InChI is InChI=1S/C25H22ClNO5/c1-16-8-10-17(11-9-16)15-32-23-20(26)12-18(14-22(23)31-2)13-21(25(29)30)27-24(28)19-6-4-3-5-7-19/h3-14H,15H2,1-2H3,(H,27,28)(H,29,30). The fraction of sp³-hybridized carbons (Fsp3) is 0.120. The summed E-state index contributed by atoms with van der Waals surface area (Å²) in [5, 5.41) is 12.2. The maximum atomic E-state index is 12.3. The second-order valence-electron chi connectivity index (χ2n) is 6.99. The average molecular weight is 452 g/mol. The molecule has 3 rings (SSSR count). The summed E-state index contributed by atoms with van der Waals surface area (Å²) in [5.41, 5.74) is 2.59. The number of carbonyl (C=O) groups excluding carboxylic acids is 1. The number of methoxy groups -OCH3 is 1. The zero-order valence-corrected chi connectivity index (χ0v) is 18.3. The van der Waals surface area contributed by atoms with E-state index in [0.717, 1.165) is 11.1 Å². The fourth-order valence-corrected chi connectivity index (χ4v) is 3.18. The van der Waals surface area contributed by atoms with Crippen molar-refractivity contribution in [2.24, 2.45) is 0 Å². The molecule has 7 heteroatoms. The average Bonchev–Trinajstić information content (AvgIpc) is 2.79. The third-order valence-electron chi connectivity index (χ3n) is 4.58. The number of hydrogen-bond acceptors (Lipinski definition) is 4. The second-order valence-corrected chi connectivity index (χ2v) is 7.40. The largest absolute Gasteiger partial charge is 0.493 e. The van der Waals surface area contributed by atoms with Gasteiger partial charge in [-0.1, -0.05) is 59.6 Å². The number of ether oxygens (including phenoxy) is 2. The minimum absolute atomic E-state index is 0.252. The van der Waals surface area contributed by atoms with Crippen molar-refractivity contribution in [1.29, 1.82) is 0 Å². The smallest absolute Gasteiger partial charge is 0.352 e. The van der Waals surface area contributed by atoms with Crippen molar-refractivity contribution in [3.8, 4) is 11.5 Å². The Morgan fingerprint density at radius 1 is 1.06 bits per heavy atom. The highest BCUT2D eigenvalue weighted by molar-refractivity contribution is 6.32. The monoisotopic (exact) mass is 451 g/mol. The lowest BCUT2D eigenvalue weighted by Gasteiger charge is -2.14. The Hall–Kier alpha value is -3.77. The number of amides is 1. The van der Waals surface area contributed by atoms with Crippen molar-refractivity contribution in [1.82, 2.24) is 5.32 Å². The van der Waals surface area contributed by atoms with E-state index in [1.54, 1.807) is 42.5 Å². The van der Waals surface area contributed by atoms with Gasteiger partial charge in [-0.15, -0.1) is 0 Å². The third-order valence-corrected chi connectivity index (χ3v) is 4.86. The van der Waals surface area contributed by atoms with Gasteiger partial charge in [0.2, 0.25) is 0 Å². The van der Waals surface area contributed by atoms with Crippen molar-refractivity contribution in [2.75, 3.05) is 7.11 Å². The molecule has 0 fully saturated rings. The van der Waals surface area contributed by atoms with Crippen LogP contribution in [0.2, 0.25) is 5.02 Å². The van der Waals surface area contributed by atoms with Crippen LogP contribution in [-0.2, 0) is 11.4 Å². The van der Waals surface area contributed by atoms with Crippen LogP contribution in [0.1, 0.15) is 27.0 Å². The molecule has 0 aliphatic heterocycles. The maximum Gasteiger partial charge on any atom is 0.352 e. The predicted molar refractivity (Wildman–Crippen MR) is 123 cm³/mol. The van der Waals surface area contributed by atoms with E-state index < -0.39 is 11.9 Å². The highest BCUT2D eigenvalue weighted by Crippen LogP contribution is 2.37. The molecule has 1 amide bonds. The van der Waals surface area contributed by atoms with E-state index in [0.29, 0.717) is 29.2 Å². The highest BCUT2D eigenvalue weighted by Gasteiger charge is 2.16. The molecule has 0 spiro atoms. The molecule has 0 aromatic heterocycles. The molecule has 32 heavy (non-hydrogen) atoms. The molecule has 2 N–H and O–H groups in total. The van der Waals surface area contributed by atoms with Crippen LogP contribution in [0.15, 0.2) is 72.4 Å². The summed E-state index contributed by atoms with van der Waals surface area (Å²) in [6.45, 7) is 2.30. The molecule has 0 unspecified atom stereocenters. The minimum Gasteiger partial charge on any atom is -0.493 e. The van der Waals surface area contributed by atoms with Gasteiger partial charge >= 0.3 is 5.97 Å². The van der Waals surface area contributed by atoms with E-state index >= 15 is 0 Å². The van der Waals surface area contributed by atoms with Gasteiger partial charge in [0.15, 0.2) is 11.5 Å². The van der Waals surface area contributed by atoms with Gasteiger partial charge in [0.25, 0.3) is 5.91 Å². The van der Waals surface area contributed by atoms with Gasteiger partial charge in [-0.2, -0.15) is 0 Å². The Bertz CT molecular complexity index is 1140. The number of hydrogen-bond donors (Lipinski definition) is 2. The van der Waals surface area contributed by atoms with Crippen molar-refractivity contribution >= 4 is 29.6 Å². The van der Waals surface area contributed by atoms with E-state index in [2.05, 4.69) is 5.32 Å². The van der Waals surface area contributed by atoms with Crippen molar-refractivity contribution < 1.29 is 24.2 Å². The minimum atomic E-state index is -1.29. The first-order chi connectivity index (χ1) is 15.4. The molecule has 0 atom stereocenters. The Kier molecular flexibility index (Phi) is 7.52. The van der Waals surface area contributed by atoms with Crippen LogP contribution in [0.5, 0.6) is 11.5 Å². The van der Waals surface area contributed by atoms with E-state index in [1.807, 2.05) is 31.2 Å². The Morgan fingerprint density at radius 2 is 1.75 bits per heavy atom. The summed E-state index contributed by atoms with van der Waals surface area (Å²) >= 11 is 6.40. The van der Waals surface area contributed by atoms with Crippen LogP contribution in [0.4, 0.5) is 0 Å². The van der Waals surface area contributed by atoms with Crippen LogP contribution < -0.4 is 14.8 Å². The predicted octanol–water partition coefficient (Wildman–Crippen LogP) is 5.09. The summed E-state index contributed by atoms with van der Waals surface area (Å²) in [7, 11) is 1.47. The number of aryl methyl sites for hydroxylation is 1. The summed E-state index contributed by atoms with van der Waals surface area (Å²) in [6, 6.07) is 19.4. The molecule has 0 saturated carbocycles. The number of carboxylic acids is 1. The van der Waals surface area contributed by atoms with Gasteiger partial charge in [0.05, 0.1) is 12.1 Å². The molecule has 0 aliphatic rings. The number of nitrogens with one attached hydrogen (secondary N) is 1. The zero-order valence-electron chi connectivity index (χ0n) is 17.6. The molecule has 0 heterocycles. The third kappa shape index (κ3) is 5.89. The van der Waals surface area contributed by atoms with E-state index in [9.17, 15) is 14.7 Å². The van der Waals surface area contributed by atoms with Crippen LogP contribution in [0.25, 0.3) is 6.08 Å². The number of carboxylic acid groups (broad SMARTS) is 1. The fourth-order valence-electron chi connectivity index (χ4n) is 2.90. The van der Waals surface area contributed by atoms with E-state index in [-0.39, 0.29) is 10.7 Å². The molecule has 0 saturated heterocycles. The first kappa shape index (κ1) is 22.9. The summed E-state index contributed by atoms with van der Waals surface area (Å²) < 4.78 is 11.2. The second kappa shape index (κ2) is 10.5. The van der Waals surface area contributed by atoms with Crippen molar-refractivity contribution in [3.63, 3.8) is 0 Å². The highest BCUT2D eigenvalue weighted by atomic mass is 35.5. The van der Waals surface area contributed by atoms with Gasteiger partial charge in [0, 0.05) is 5.56 Å². The maximum absolute atomic E-state index is 12.3. The molecule has 164 valence electrons. The molecule has 0 bridgehead atoms. The molecular formula is C25H22ClNO5. The van der Waals surface area contributed by atoms with Crippen LogP contribution >= 0.6 is 11.6 Å². The summed E-state index contributed by atoms with van der Waals surface area (Å²) in [4.78, 5) is 24.0. The zero-order chi connectivity index (χ0) is 23.1. The van der Waals surface area contributed by atoms with Crippen LogP contribution in [0.3, 0.4) is 0 Å². The molecule has 6 nitrogen and oxygen atoms in total. The lowest BCUT2D eigenvalue weighted by atomic mass is 10.1. The number of carbonyl (C=O) groups is 2. The van der Waals surface area contributed by atoms with Gasteiger partial charge in [-0.3, -0.25) is 4.79 Å². The topological polar surface area (TPSA) is 84.9 Å². The SMILES string of the molecule is COc1cc(C=C(NC(=O)c2ccccc2)C(=O)O)cc(Cl)c1OCc1ccc(C)cc1. The van der Waals surface area contributed by atoms with Gasteiger partial charge < -0.3 is 19.9 Å². The Balaban J connectivity index is 1.83. The summed E-state index contributed by atoms with van der Waals surface area (Å²) in [6.07, 6.45) is 1.31. The molecule has 0 aliphatic carbocycles. The Labute approximate surface area is 191 Å². The number of aliphatic carboxylic acids is 1. The normalized spacial score (nSPS) is 11.0. The van der Waals surface area contributed by atoms with Crippen LogP contribution in [-0.4, -0.2) is 24.1 Å². The number of rotatable bonds is 8. The summed E-state index contributed by atoms with van der Waals surface area (Å²) in [5.74, 6) is -1.13. The molecule has 0 radical (unpaired) electrons. The first-order valence-electron chi connectivity index (χ1n) is 9.74. The lowest BCUT2D eigenvalue weighted by Crippen LogP contribution is -2.27. The molecular weight excluding hydrogens is 430 g/mol. The Morgan fingerprint density at radius 3 is 2.38 bits per heavy atom. The number of benzene rings is 3. The number of halogens is 1. The van der Waals surface area contributed by atoms with Crippen molar-refractivity contribution in [3.05, 3.63) is 99.7 Å². The van der Waals surface area contributed by atoms with E-state index in [4.69, 9.17) is 21.1 Å². The van der Waals surface area contributed by atoms with Gasteiger partial charge in [-0.05, 0) is 48.4 Å². The van der Waals surface area contributed by atoms with Gasteiger partial charge in [0.1, 0.15) is 12.3 Å².